The van der Waals surface area contributed by atoms with Crippen molar-refractivity contribution in [3.8, 4) is 23.0 Å². The monoisotopic (exact) mass is 574 g/mol. The standard InChI is InChI=1S/C27H34N4O10/c1-38-21-8-6-16(11-20(21)32)14-29-25(35)18(5-3-4-10-28-27(37)39-2)30-26(36)31-19(13-24(33)34)17-7-9-22-23(12-17)41-15-40-22/h6-9,11-12,18-19,32H,3-5,10,13-15H2,1-2H3,(H,28,37)(H,29,35)(H,33,34)(H2,30,31,36)/t18-,19-/m0/s1. The molecule has 222 valence electrons. The van der Waals surface area contributed by atoms with Gasteiger partial charge in [-0.25, -0.2) is 9.59 Å². The van der Waals surface area contributed by atoms with Crippen LogP contribution in [-0.2, 0) is 20.9 Å². The lowest BCUT2D eigenvalue weighted by atomic mass is 10.0. The third-order valence-corrected chi connectivity index (χ3v) is 6.19. The molecule has 3 rings (SSSR count). The van der Waals surface area contributed by atoms with Crippen LogP contribution in [0.15, 0.2) is 36.4 Å². The molecule has 0 aromatic heterocycles. The van der Waals surface area contributed by atoms with Gasteiger partial charge < -0.3 is 50.4 Å². The molecule has 0 bridgehead atoms. The minimum atomic E-state index is -1.14. The number of aromatic hydroxyl groups is 1. The maximum Gasteiger partial charge on any atom is 0.406 e. The first-order valence-corrected chi connectivity index (χ1v) is 12.8. The number of aliphatic carboxylic acids is 1. The Labute approximate surface area is 236 Å². The number of alkyl carbamates (subject to hydrolysis) is 1. The molecular weight excluding hydrogens is 540 g/mol. The van der Waals surface area contributed by atoms with Crippen LogP contribution in [0.3, 0.4) is 0 Å². The molecule has 0 saturated heterocycles. The van der Waals surface area contributed by atoms with E-state index in [4.69, 9.17) is 14.2 Å². The summed E-state index contributed by atoms with van der Waals surface area (Å²) in [6.07, 6.45) is 0.209. The molecule has 6 N–H and O–H groups in total. The SMILES string of the molecule is COC(=O)NCCCC[C@H](NC(=O)N[C@@H](CC(=O)O)c1ccc2c(c1)OCO2)C(=O)NCc1ccc(OC)c(O)c1. The molecule has 0 spiro atoms. The molecular formula is C27H34N4O10. The van der Waals surface area contributed by atoms with Crippen LogP contribution in [0.5, 0.6) is 23.0 Å². The van der Waals surface area contributed by atoms with Gasteiger partial charge in [0.2, 0.25) is 12.7 Å². The minimum Gasteiger partial charge on any atom is -0.504 e. The number of carboxylic acids is 1. The molecule has 4 amide bonds. The van der Waals surface area contributed by atoms with Gasteiger partial charge in [-0.3, -0.25) is 9.59 Å². The number of urea groups is 1. The fraction of sp³-hybridized carbons (Fsp3) is 0.407. The molecule has 0 saturated carbocycles. The van der Waals surface area contributed by atoms with Crippen molar-refractivity contribution in [2.75, 3.05) is 27.6 Å². The molecule has 1 aliphatic heterocycles. The highest BCUT2D eigenvalue weighted by molar-refractivity contribution is 5.87. The van der Waals surface area contributed by atoms with Gasteiger partial charge in [0.15, 0.2) is 23.0 Å². The van der Waals surface area contributed by atoms with Gasteiger partial charge in [0.25, 0.3) is 0 Å². The number of methoxy groups -OCH3 is 2. The second kappa shape index (κ2) is 15.1. The highest BCUT2D eigenvalue weighted by atomic mass is 16.7. The van der Waals surface area contributed by atoms with Crippen molar-refractivity contribution in [1.29, 1.82) is 0 Å². The zero-order valence-corrected chi connectivity index (χ0v) is 22.7. The van der Waals surface area contributed by atoms with Gasteiger partial charge in [0.1, 0.15) is 6.04 Å². The first-order chi connectivity index (χ1) is 19.7. The Kier molecular flexibility index (Phi) is 11.3. The Morgan fingerprint density at radius 3 is 2.46 bits per heavy atom. The Morgan fingerprint density at radius 1 is 0.976 bits per heavy atom. The number of phenols is 1. The van der Waals surface area contributed by atoms with Crippen LogP contribution in [0.4, 0.5) is 9.59 Å². The second-order valence-corrected chi connectivity index (χ2v) is 9.07. The third-order valence-electron chi connectivity index (χ3n) is 6.19. The van der Waals surface area contributed by atoms with Crippen LogP contribution < -0.4 is 35.5 Å². The zero-order valence-electron chi connectivity index (χ0n) is 22.7. The number of carbonyl (C=O) groups excluding carboxylic acids is 3. The number of benzene rings is 2. The average Bonchev–Trinajstić information content (AvgIpc) is 3.42. The molecule has 0 radical (unpaired) electrons. The van der Waals surface area contributed by atoms with E-state index in [9.17, 15) is 29.4 Å². The summed E-state index contributed by atoms with van der Waals surface area (Å²) in [4.78, 5) is 48.9. The van der Waals surface area contributed by atoms with Gasteiger partial charge in [-0.1, -0.05) is 12.1 Å². The number of unbranched alkanes of at least 4 members (excludes halogenated alkanes) is 1. The topological polar surface area (TPSA) is 194 Å². The summed E-state index contributed by atoms with van der Waals surface area (Å²) < 4.78 is 20.2. The Bertz CT molecular complexity index is 1240. The van der Waals surface area contributed by atoms with Gasteiger partial charge in [-0.15, -0.1) is 0 Å². The number of hydrogen-bond donors (Lipinski definition) is 6. The quantitative estimate of drug-likeness (QED) is 0.182. The first kappa shape index (κ1) is 30.7. The molecule has 14 nitrogen and oxygen atoms in total. The largest absolute Gasteiger partial charge is 0.504 e. The first-order valence-electron chi connectivity index (χ1n) is 12.8. The van der Waals surface area contributed by atoms with E-state index in [0.717, 1.165) is 0 Å². The van der Waals surface area contributed by atoms with Gasteiger partial charge in [-0.2, -0.15) is 0 Å². The fourth-order valence-electron chi connectivity index (χ4n) is 4.08. The average molecular weight is 575 g/mol. The molecule has 0 aliphatic carbocycles. The Balaban J connectivity index is 1.66. The Morgan fingerprint density at radius 2 is 1.76 bits per heavy atom. The number of fused-ring (bicyclic) bond motifs is 1. The molecule has 2 aromatic carbocycles. The van der Waals surface area contributed by atoms with Crippen molar-refractivity contribution in [2.24, 2.45) is 0 Å². The van der Waals surface area contributed by atoms with Crippen LogP contribution in [0.25, 0.3) is 0 Å². The number of amides is 4. The summed E-state index contributed by atoms with van der Waals surface area (Å²) in [5, 5.41) is 30.0. The predicted octanol–water partition coefficient (Wildman–Crippen LogP) is 2.16. The molecule has 41 heavy (non-hydrogen) atoms. The molecule has 1 aliphatic rings. The number of ether oxygens (including phenoxy) is 4. The summed E-state index contributed by atoms with van der Waals surface area (Å²) in [5.41, 5.74) is 1.09. The van der Waals surface area contributed by atoms with E-state index in [2.05, 4.69) is 26.0 Å². The van der Waals surface area contributed by atoms with E-state index >= 15 is 0 Å². The third kappa shape index (κ3) is 9.37. The molecule has 0 fully saturated rings. The maximum atomic E-state index is 13.1. The summed E-state index contributed by atoms with van der Waals surface area (Å²) in [6.45, 7) is 0.417. The number of rotatable bonds is 14. The van der Waals surface area contributed by atoms with Crippen LogP contribution in [0.2, 0.25) is 0 Å². The lowest BCUT2D eigenvalue weighted by Gasteiger charge is -2.22. The maximum absolute atomic E-state index is 13.1. The molecule has 2 atom stereocenters. The number of carboxylic acid groups (broad SMARTS) is 1. The summed E-state index contributed by atoms with van der Waals surface area (Å²) in [6, 6.07) is 6.89. The van der Waals surface area contributed by atoms with E-state index in [1.807, 2.05) is 0 Å². The highest BCUT2D eigenvalue weighted by Crippen LogP contribution is 2.34. The molecule has 2 aromatic rings. The van der Waals surface area contributed by atoms with Crippen molar-refractivity contribution in [2.45, 2.75) is 44.3 Å². The van der Waals surface area contributed by atoms with E-state index in [1.54, 1.807) is 30.3 Å². The number of carbonyl (C=O) groups is 4. The molecule has 1 heterocycles. The number of nitrogens with one attached hydrogen (secondary N) is 4. The second-order valence-electron chi connectivity index (χ2n) is 9.07. The lowest BCUT2D eigenvalue weighted by Crippen LogP contribution is -2.50. The Hall–Kier alpha value is -4.88. The molecule has 0 unspecified atom stereocenters. The van der Waals surface area contributed by atoms with Crippen LogP contribution in [0, 0.1) is 0 Å². The van der Waals surface area contributed by atoms with E-state index < -0.39 is 42.5 Å². The number of phenolic OH excluding ortho intramolecular Hbond substituents is 1. The normalized spacial score (nSPS) is 12.9. The van der Waals surface area contributed by atoms with Crippen molar-refractivity contribution < 1.29 is 48.3 Å². The van der Waals surface area contributed by atoms with E-state index in [0.29, 0.717) is 42.0 Å². The van der Waals surface area contributed by atoms with E-state index in [-0.39, 0.29) is 31.3 Å². The van der Waals surface area contributed by atoms with Crippen molar-refractivity contribution in [3.63, 3.8) is 0 Å². The van der Waals surface area contributed by atoms with Crippen molar-refractivity contribution >= 4 is 24.0 Å². The predicted molar refractivity (Wildman–Crippen MR) is 144 cm³/mol. The van der Waals surface area contributed by atoms with Gasteiger partial charge in [0.05, 0.1) is 26.7 Å². The number of hydrogen-bond acceptors (Lipinski definition) is 9. The summed E-state index contributed by atoms with van der Waals surface area (Å²) in [5.74, 6) is -0.481. The van der Waals surface area contributed by atoms with Crippen LogP contribution in [-0.4, -0.2) is 67.8 Å². The van der Waals surface area contributed by atoms with Crippen LogP contribution >= 0.6 is 0 Å². The summed E-state index contributed by atoms with van der Waals surface area (Å²) in [7, 11) is 2.67. The van der Waals surface area contributed by atoms with Gasteiger partial charge >= 0.3 is 18.1 Å². The van der Waals surface area contributed by atoms with Gasteiger partial charge in [0, 0.05) is 13.1 Å². The summed E-state index contributed by atoms with van der Waals surface area (Å²) >= 11 is 0. The smallest absolute Gasteiger partial charge is 0.406 e. The minimum absolute atomic E-state index is 0.0401. The fourth-order valence-corrected chi connectivity index (χ4v) is 4.08. The lowest BCUT2D eigenvalue weighted by molar-refractivity contribution is -0.137. The van der Waals surface area contributed by atoms with Crippen molar-refractivity contribution in [3.05, 3.63) is 47.5 Å². The van der Waals surface area contributed by atoms with Gasteiger partial charge in [-0.05, 0) is 54.7 Å². The zero-order chi connectivity index (χ0) is 29.8. The van der Waals surface area contributed by atoms with E-state index in [1.165, 1.54) is 20.3 Å². The molecule has 14 heteroatoms. The highest BCUT2D eigenvalue weighted by Gasteiger charge is 2.25. The van der Waals surface area contributed by atoms with Crippen LogP contribution in [0.1, 0.15) is 42.9 Å². The van der Waals surface area contributed by atoms with Crippen molar-refractivity contribution in [1.82, 2.24) is 21.3 Å².